The lowest BCUT2D eigenvalue weighted by molar-refractivity contribution is 0.870. The number of aliphatic imine (C=N–C) groups is 1. The summed E-state index contributed by atoms with van der Waals surface area (Å²) in [6.07, 6.45) is 4.06. The van der Waals surface area contributed by atoms with Gasteiger partial charge in [-0.2, -0.15) is 0 Å². The fraction of sp³-hybridized carbons (Fsp3) is 0.462. The van der Waals surface area contributed by atoms with E-state index in [9.17, 15) is 0 Å². The van der Waals surface area contributed by atoms with Gasteiger partial charge in [-0.1, -0.05) is 39.3 Å². The molecule has 0 aliphatic carbocycles. The zero-order valence-electron chi connectivity index (χ0n) is 9.83. The summed E-state index contributed by atoms with van der Waals surface area (Å²) in [5.41, 5.74) is 8.95. The van der Waals surface area contributed by atoms with Crippen molar-refractivity contribution in [1.82, 2.24) is 0 Å². The van der Waals surface area contributed by atoms with Crippen LogP contribution in [0.15, 0.2) is 23.2 Å². The number of hydrogen-bond acceptors (Lipinski definition) is 2. The van der Waals surface area contributed by atoms with Crippen molar-refractivity contribution in [3.05, 3.63) is 23.8 Å². The third kappa shape index (κ3) is 3.08. The lowest BCUT2D eigenvalue weighted by Gasteiger charge is -2.10. The minimum Gasteiger partial charge on any atom is -0.397 e. The number of rotatable bonds is 4. The Labute approximate surface area is 92.2 Å². The highest BCUT2D eigenvalue weighted by molar-refractivity contribution is 5.73. The first-order valence-electron chi connectivity index (χ1n) is 5.57. The van der Waals surface area contributed by atoms with Crippen LogP contribution < -0.4 is 5.73 Å². The van der Waals surface area contributed by atoms with E-state index in [2.05, 4.69) is 31.8 Å². The van der Waals surface area contributed by atoms with E-state index in [0.717, 1.165) is 24.2 Å². The summed E-state index contributed by atoms with van der Waals surface area (Å²) in [7, 11) is 0. The van der Waals surface area contributed by atoms with Gasteiger partial charge in [-0.15, -0.1) is 0 Å². The largest absolute Gasteiger partial charge is 0.397 e. The number of nitrogens with two attached hydrogens (primary N) is 1. The number of anilines is 1. The van der Waals surface area contributed by atoms with Gasteiger partial charge in [-0.05, 0) is 24.0 Å². The molecule has 2 nitrogen and oxygen atoms in total. The molecule has 0 amide bonds. The predicted molar refractivity (Wildman–Crippen MR) is 68.0 cm³/mol. The predicted octanol–water partition coefficient (Wildman–Crippen LogP) is 3.89. The third-order valence-corrected chi connectivity index (χ3v) is 2.39. The molecule has 82 valence electrons. The molecule has 0 saturated carbocycles. The molecule has 0 aliphatic heterocycles. The molecular weight excluding hydrogens is 184 g/mol. The van der Waals surface area contributed by atoms with Gasteiger partial charge in [0.2, 0.25) is 0 Å². The summed E-state index contributed by atoms with van der Waals surface area (Å²) in [5.74, 6) is 0.450. The van der Waals surface area contributed by atoms with Crippen molar-refractivity contribution in [2.75, 3.05) is 5.73 Å². The summed E-state index contributed by atoms with van der Waals surface area (Å²) in [5, 5.41) is 0. The Balaban J connectivity index is 2.94. The van der Waals surface area contributed by atoms with Gasteiger partial charge in [0.15, 0.2) is 0 Å². The van der Waals surface area contributed by atoms with Gasteiger partial charge in [0.05, 0.1) is 11.4 Å². The van der Waals surface area contributed by atoms with Crippen molar-refractivity contribution in [3.8, 4) is 0 Å². The minimum absolute atomic E-state index is 0.450. The maximum Gasteiger partial charge on any atom is 0.0857 e. The Morgan fingerprint density at radius 3 is 2.73 bits per heavy atom. The maximum atomic E-state index is 6.05. The van der Waals surface area contributed by atoms with Crippen molar-refractivity contribution >= 4 is 17.6 Å². The highest BCUT2D eigenvalue weighted by Gasteiger charge is 2.06. The standard InChI is InChI=1S/C13H20N2/c1-4-5-9-15-12-8-6-7-11(10(2)3)13(12)14/h6-10H,4-5,14H2,1-3H3. The zero-order valence-corrected chi connectivity index (χ0v) is 9.83. The second-order valence-corrected chi connectivity index (χ2v) is 4.04. The Kier molecular flexibility index (Phi) is 4.35. The molecule has 0 aliphatic rings. The van der Waals surface area contributed by atoms with Gasteiger partial charge in [-0.3, -0.25) is 4.99 Å². The Hall–Kier alpha value is -1.31. The number of nitrogens with zero attached hydrogens (tertiary/aromatic N) is 1. The van der Waals surface area contributed by atoms with Crippen LogP contribution in [0.1, 0.15) is 45.1 Å². The van der Waals surface area contributed by atoms with Crippen LogP contribution in [-0.4, -0.2) is 6.21 Å². The van der Waals surface area contributed by atoms with Gasteiger partial charge in [-0.25, -0.2) is 0 Å². The molecule has 0 fully saturated rings. The molecule has 0 spiro atoms. The monoisotopic (exact) mass is 204 g/mol. The zero-order chi connectivity index (χ0) is 11.3. The fourth-order valence-electron chi connectivity index (χ4n) is 1.48. The van der Waals surface area contributed by atoms with E-state index in [0.29, 0.717) is 5.92 Å². The topological polar surface area (TPSA) is 38.4 Å². The molecule has 0 heterocycles. The van der Waals surface area contributed by atoms with Crippen LogP contribution in [0, 0.1) is 0 Å². The molecule has 0 atom stereocenters. The number of benzene rings is 1. The van der Waals surface area contributed by atoms with Crippen LogP contribution in [0.5, 0.6) is 0 Å². The molecule has 0 saturated heterocycles. The number of unbranched alkanes of at least 4 members (excludes halogenated alkanes) is 1. The van der Waals surface area contributed by atoms with Crippen LogP contribution in [-0.2, 0) is 0 Å². The van der Waals surface area contributed by atoms with Crippen molar-refractivity contribution < 1.29 is 0 Å². The Morgan fingerprint density at radius 1 is 1.40 bits per heavy atom. The molecule has 1 aromatic rings. The van der Waals surface area contributed by atoms with Gasteiger partial charge in [0.1, 0.15) is 0 Å². The second kappa shape index (κ2) is 5.54. The van der Waals surface area contributed by atoms with E-state index >= 15 is 0 Å². The van der Waals surface area contributed by atoms with E-state index in [1.54, 1.807) is 0 Å². The van der Waals surface area contributed by atoms with Crippen molar-refractivity contribution in [1.29, 1.82) is 0 Å². The highest BCUT2D eigenvalue weighted by atomic mass is 14.8. The molecular formula is C13H20N2. The van der Waals surface area contributed by atoms with Crippen molar-refractivity contribution in [3.63, 3.8) is 0 Å². The average molecular weight is 204 g/mol. The van der Waals surface area contributed by atoms with Crippen LogP contribution in [0.25, 0.3) is 0 Å². The van der Waals surface area contributed by atoms with E-state index in [1.807, 2.05) is 18.3 Å². The summed E-state index contributed by atoms with van der Waals surface area (Å²) in [6.45, 7) is 6.43. The third-order valence-electron chi connectivity index (χ3n) is 2.39. The molecule has 15 heavy (non-hydrogen) atoms. The van der Waals surface area contributed by atoms with Gasteiger partial charge in [0.25, 0.3) is 0 Å². The number of para-hydroxylation sites is 1. The van der Waals surface area contributed by atoms with Crippen molar-refractivity contribution in [2.45, 2.75) is 39.5 Å². The Morgan fingerprint density at radius 2 is 2.13 bits per heavy atom. The lowest BCUT2D eigenvalue weighted by Crippen LogP contribution is -1.96. The molecule has 2 N–H and O–H groups in total. The molecule has 1 aromatic carbocycles. The first kappa shape index (κ1) is 11.8. The first-order chi connectivity index (χ1) is 7.16. The quantitative estimate of drug-likeness (QED) is 0.586. The highest BCUT2D eigenvalue weighted by Crippen LogP contribution is 2.30. The lowest BCUT2D eigenvalue weighted by atomic mass is 10.0. The SMILES string of the molecule is CCCC=Nc1cccc(C(C)C)c1N. The maximum absolute atomic E-state index is 6.05. The Bertz CT molecular complexity index is 340. The van der Waals surface area contributed by atoms with E-state index in [4.69, 9.17) is 5.73 Å². The normalized spacial score (nSPS) is 11.5. The summed E-state index contributed by atoms with van der Waals surface area (Å²) >= 11 is 0. The summed E-state index contributed by atoms with van der Waals surface area (Å²) in [6, 6.07) is 6.05. The van der Waals surface area contributed by atoms with Crippen LogP contribution in [0.4, 0.5) is 11.4 Å². The minimum atomic E-state index is 0.450. The smallest absolute Gasteiger partial charge is 0.0857 e. The van der Waals surface area contributed by atoms with Crippen LogP contribution in [0.3, 0.4) is 0 Å². The second-order valence-electron chi connectivity index (χ2n) is 4.04. The van der Waals surface area contributed by atoms with Crippen LogP contribution in [0.2, 0.25) is 0 Å². The van der Waals surface area contributed by atoms with Gasteiger partial charge in [0, 0.05) is 6.21 Å². The molecule has 0 unspecified atom stereocenters. The van der Waals surface area contributed by atoms with Gasteiger partial charge < -0.3 is 5.73 Å². The van der Waals surface area contributed by atoms with Gasteiger partial charge >= 0.3 is 0 Å². The molecule has 0 radical (unpaired) electrons. The fourth-order valence-corrected chi connectivity index (χ4v) is 1.48. The summed E-state index contributed by atoms with van der Waals surface area (Å²) < 4.78 is 0. The molecule has 1 rings (SSSR count). The van der Waals surface area contributed by atoms with E-state index in [1.165, 1.54) is 5.56 Å². The molecule has 0 aromatic heterocycles. The average Bonchev–Trinajstić information content (AvgIpc) is 2.20. The van der Waals surface area contributed by atoms with Crippen LogP contribution >= 0.6 is 0 Å². The van der Waals surface area contributed by atoms with E-state index in [-0.39, 0.29) is 0 Å². The first-order valence-corrected chi connectivity index (χ1v) is 5.57. The van der Waals surface area contributed by atoms with Crippen molar-refractivity contribution in [2.24, 2.45) is 4.99 Å². The number of hydrogen-bond donors (Lipinski definition) is 1. The summed E-state index contributed by atoms with van der Waals surface area (Å²) in [4.78, 5) is 4.39. The molecule has 2 heteroatoms. The molecule has 0 bridgehead atoms. The number of nitrogen functional groups attached to an aromatic ring is 1. The van der Waals surface area contributed by atoms with E-state index < -0.39 is 0 Å².